The number of morpholine rings is 1. The SMILES string of the molecule is Cc1nnsc1C(=O)N(CCN1CCOCC1)c1nc2c(C)ccc(Cl)c2s1.Cl. The van der Waals surface area contributed by atoms with Crippen LogP contribution in [-0.2, 0) is 4.74 Å². The maximum Gasteiger partial charge on any atom is 0.273 e. The van der Waals surface area contributed by atoms with Gasteiger partial charge in [-0.2, -0.15) is 0 Å². The van der Waals surface area contributed by atoms with Crippen LogP contribution in [0.4, 0.5) is 5.13 Å². The third kappa shape index (κ3) is 4.70. The van der Waals surface area contributed by atoms with Crippen molar-refractivity contribution < 1.29 is 9.53 Å². The van der Waals surface area contributed by atoms with Gasteiger partial charge in [0.15, 0.2) is 5.13 Å². The summed E-state index contributed by atoms with van der Waals surface area (Å²) in [5.41, 5.74) is 2.52. The summed E-state index contributed by atoms with van der Waals surface area (Å²) in [6, 6.07) is 3.82. The molecule has 29 heavy (non-hydrogen) atoms. The lowest BCUT2D eigenvalue weighted by atomic mass is 10.2. The Balaban J connectivity index is 0.00000240. The maximum absolute atomic E-state index is 13.3. The van der Waals surface area contributed by atoms with E-state index >= 15 is 0 Å². The average molecular weight is 474 g/mol. The summed E-state index contributed by atoms with van der Waals surface area (Å²) in [4.78, 5) is 22.6. The summed E-state index contributed by atoms with van der Waals surface area (Å²) >= 11 is 8.94. The molecule has 0 N–H and O–H groups in total. The Labute approximate surface area is 188 Å². The van der Waals surface area contributed by atoms with E-state index in [4.69, 9.17) is 21.3 Å². The van der Waals surface area contributed by atoms with E-state index in [0.717, 1.165) is 60.2 Å². The van der Waals surface area contributed by atoms with Gasteiger partial charge in [-0.3, -0.25) is 14.6 Å². The number of halogens is 2. The molecule has 1 aliphatic rings. The third-order valence-corrected chi connectivity index (χ3v) is 7.11. The van der Waals surface area contributed by atoms with Crippen molar-refractivity contribution in [1.82, 2.24) is 19.5 Å². The highest BCUT2D eigenvalue weighted by molar-refractivity contribution is 7.23. The van der Waals surface area contributed by atoms with Gasteiger partial charge in [0.1, 0.15) is 4.88 Å². The molecule has 0 aliphatic carbocycles. The molecule has 0 unspecified atom stereocenters. The molecule has 1 fully saturated rings. The normalized spacial score (nSPS) is 14.7. The number of thiazole rings is 1. The van der Waals surface area contributed by atoms with Crippen LogP contribution in [0.5, 0.6) is 0 Å². The largest absolute Gasteiger partial charge is 0.379 e. The predicted octanol–water partition coefficient (Wildman–Crippen LogP) is 3.82. The number of anilines is 1. The van der Waals surface area contributed by atoms with Gasteiger partial charge in [0, 0.05) is 26.2 Å². The lowest BCUT2D eigenvalue weighted by Crippen LogP contribution is -2.43. The van der Waals surface area contributed by atoms with Crippen LogP contribution in [-0.4, -0.2) is 64.8 Å². The maximum atomic E-state index is 13.3. The van der Waals surface area contributed by atoms with Crippen LogP contribution >= 0.6 is 46.9 Å². The van der Waals surface area contributed by atoms with Gasteiger partial charge in [0.2, 0.25) is 0 Å². The highest BCUT2D eigenvalue weighted by Gasteiger charge is 2.26. The number of hydrogen-bond donors (Lipinski definition) is 0. The molecule has 1 aromatic carbocycles. The molecular formula is C18H21Cl2N5O2S2. The molecule has 7 nitrogen and oxygen atoms in total. The first-order chi connectivity index (χ1) is 13.5. The molecule has 2 aromatic heterocycles. The predicted molar refractivity (Wildman–Crippen MR) is 120 cm³/mol. The Hall–Kier alpha value is -1.36. The molecule has 0 atom stereocenters. The number of amides is 1. The zero-order chi connectivity index (χ0) is 19.7. The summed E-state index contributed by atoms with van der Waals surface area (Å²) < 4.78 is 10.2. The number of fused-ring (bicyclic) bond motifs is 1. The Kier molecular flexibility index (Phi) is 7.42. The molecule has 3 aromatic rings. The van der Waals surface area contributed by atoms with E-state index in [-0.39, 0.29) is 18.3 Å². The van der Waals surface area contributed by atoms with Crippen LogP contribution in [0.3, 0.4) is 0 Å². The summed E-state index contributed by atoms with van der Waals surface area (Å²) in [6.45, 7) is 8.27. The Morgan fingerprint density at radius 1 is 1.31 bits per heavy atom. The summed E-state index contributed by atoms with van der Waals surface area (Å²) in [5.74, 6) is -0.117. The molecule has 1 saturated heterocycles. The second kappa shape index (κ2) is 9.63. The minimum atomic E-state index is -0.117. The van der Waals surface area contributed by atoms with E-state index < -0.39 is 0 Å². The third-order valence-electron chi connectivity index (χ3n) is 4.75. The van der Waals surface area contributed by atoms with Crippen LogP contribution in [0.1, 0.15) is 20.9 Å². The molecule has 156 valence electrons. The summed E-state index contributed by atoms with van der Waals surface area (Å²) in [5, 5.41) is 5.29. The zero-order valence-corrected chi connectivity index (χ0v) is 19.3. The van der Waals surface area contributed by atoms with Gasteiger partial charge in [-0.1, -0.05) is 33.5 Å². The first kappa shape index (κ1) is 22.3. The molecule has 0 radical (unpaired) electrons. The van der Waals surface area contributed by atoms with Crippen molar-refractivity contribution in [2.75, 3.05) is 44.3 Å². The van der Waals surface area contributed by atoms with Gasteiger partial charge in [-0.25, -0.2) is 4.98 Å². The van der Waals surface area contributed by atoms with Gasteiger partial charge in [0.05, 0.1) is 34.1 Å². The van der Waals surface area contributed by atoms with E-state index in [2.05, 4.69) is 14.5 Å². The van der Waals surface area contributed by atoms with E-state index in [9.17, 15) is 4.79 Å². The Morgan fingerprint density at radius 3 is 2.72 bits per heavy atom. The summed E-state index contributed by atoms with van der Waals surface area (Å²) in [6.07, 6.45) is 0. The molecule has 4 rings (SSSR count). The minimum absolute atomic E-state index is 0. The quantitative estimate of drug-likeness (QED) is 0.560. The van der Waals surface area contributed by atoms with E-state index in [1.165, 1.54) is 11.3 Å². The van der Waals surface area contributed by atoms with Crippen LogP contribution in [0, 0.1) is 13.8 Å². The fraction of sp³-hybridized carbons (Fsp3) is 0.444. The molecular weight excluding hydrogens is 453 g/mol. The molecule has 0 spiro atoms. The van der Waals surface area contributed by atoms with Gasteiger partial charge in [-0.15, -0.1) is 17.5 Å². The van der Waals surface area contributed by atoms with Crippen LogP contribution in [0.15, 0.2) is 12.1 Å². The summed E-state index contributed by atoms with van der Waals surface area (Å²) in [7, 11) is 0. The number of ether oxygens (including phenoxy) is 1. The smallest absolute Gasteiger partial charge is 0.273 e. The molecule has 1 aliphatic heterocycles. The van der Waals surface area contributed by atoms with E-state index in [0.29, 0.717) is 27.3 Å². The molecule has 11 heteroatoms. The van der Waals surface area contributed by atoms with Gasteiger partial charge in [-0.05, 0) is 37.0 Å². The van der Waals surface area contributed by atoms with Crippen molar-refractivity contribution in [1.29, 1.82) is 0 Å². The second-order valence-corrected chi connectivity index (χ2v) is 8.78. The molecule has 3 heterocycles. The lowest BCUT2D eigenvalue weighted by Gasteiger charge is -2.29. The standard InChI is InChI=1S/C18H20ClN5O2S2.ClH/c1-11-3-4-13(19)16-14(11)20-18(27-16)24(6-5-23-7-9-26-10-8-23)17(25)15-12(2)21-22-28-15;/h3-4H,5-10H2,1-2H3;1H. The van der Waals surface area contributed by atoms with E-state index in [1.54, 1.807) is 11.8 Å². The number of aromatic nitrogens is 3. The number of hydrogen-bond acceptors (Lipinski definition) is 8. The fourth-order valence-corrected chi connectivity index (χ4v) is 5.05. The number of rotatable bonds is 5. The van der Waals surface area contributed by atoms with Gasteiger partial charge >= 0.3 is 0 Å². The number of nitrogens with zero attached hydrogens (tertiary/aromatic N) is 5. The highest BCUT2D eigenvalue weighted by Crippen LogP contribution is 2.36. The van der Waals surface area contributed by atoms with Crippen molar-refractivity contribution in [2.24, 2.45) is 0 Å². The number of carbonyl (C=O) groups excluding carboxylic acids is 1. The van der Waals surface area contributed by atoms with E-state index in [1.807, 2.05) is 19.1 Å². The average Bonchev–Trinajstić information content (AvgIpc) is 3.33. The number of carbonyl (C=O) groups is 1. The van der Waals surface area contributed by atoms with Crippen LogP contribution in [0.25, 0.3) is 10.2 Å². The van der Waals surface area contributed by atoms with Crippen LogP contribution < -0.4 is 4.90 Å². The first-order valence-electron chi connectivity index (χ1n) is 9.01. The lowest BCUT2D eigenvalue weighted by molar-refractivity contribution is 0.0391. The molecule has 1 amide bonds. The van der Waals surface area contributed by atoms with Crippen molar-refractivity contribution in [3.63, 3.8) is 0 Å². The van der Waals surface area contributed by atoms with Crippen molar-refractivity contribution in [3.8, 4) is 0 Å². The van der Waals surface area contributed by atoms with Crippen LogP contribution in [0.2, 0.25) is 5.02 Å². The first-order valence-corrected chi connectivity index (χ1v) is 11.0. The van der Waals surface area contributed by atoms with Crippen molar-refractivity contribution in [2.45, 2.75) is 13.8 Å². The molecule has 0 saturated carbocycles. The number of benzene rings is 1. The van der Waals surface area contributed by atoms with Gasteiger partial charge < -0.3 is 4.74 Å². The monoisotopic (exact) mass is 473 g/mol. The molecule has 0 bridgehead atoms. The second-order valence-electron chi connectivity index (χ2n) is 6.64. The Bertz CT molecular complexity index is 964. The highest BCUT2D eigenvalue weighted by atomic mass is 35.5. The van der Waals surface area contributed by atoms with Gasteiger partial charge in [0.25, 0.3) is 5.91 Å². The number of aryl methyl sites for hydroxylation is 2. The fourth-order valence-electron chi connectivity index (χ4n) is 3.11. The van der Waals surface area contributed by atoms with Crippen molar-refractivity contribution in [3.05, 3.63) is 33.3 Å². The van der Waals surface area contributed by atoms with Crippen molar-refractivity contribution >= 4 is 68.1 Å². The zero-order valence-electron chi connectivity index (χ0n) is 16.1. The minimum Gasteiger partial charge on any atom is -0.379 e. The Morgan fingerprint density at radius 2 is 2.07 bits per heavy atom. The topological polar surface area (TPSA) is 71.5 Å².